The van der Waals surface area contributed by atoms with E-state index in [4.69, 9.17) is 9.98 Å². The van der Waals surface area contributed by atoms with Gasteiger partial charge in [0.1, 0.15) is 0 Å². The standard InChI is InChI=1S/C48H80N2.Ni/c1-7-13-15-16-17-18-19-20-21-22-23-24-25-26-27-28-34-48(50-46-38-36-42(30-10-4)44(40-46)32-12-6)47(33-14-8-2)49-45-37-35-41(29-9-3)43(39-45)31-11-5;/h35-40H,7-34H2,1-6H3;. The van der Waals surface area contributed by atoms with E-state index < -0.39 is 0 Å². The van der Waals surface area contributed by atoms with Crippen LogP contribution in [-0.2, 0) is 42.2 Å². The van der Waals surface area contributed by atoms with Crippen LogP contribution in [0, 0.1) is 0 Å². The Morgan fingerprint density at radius 1 is 0.353 bits per heavy atom. The molecule has 0 fully saturated rings. The molecule has 0 heterocycles. The van der Waals surface area contributed by atoms with Crippen molar-refractivity contribution in [3.63, 3.8) is 0 Å². The molecule has 0 atom stereocenters. The van der Waals surface area contributed by atoms with Crippen LogP contribution in [0.15, 0.2) is 46.4 Å². The van der Waals surface area contributed by atoms with Gasteiger partial charge in [0, 0.05) is 16.5 Å². The summed E-state index contributed by atoms with van der Waals surface area (Å²) >= 11 is 0. The molecule has 0 saturated carbocycles. The zero-order valence-corrected chi connectivity index (χ0v) is 35.5. The van der Waals surface area contributed by atoms with Gasteiger partial charge in [-0.25, -0.2) is 0 Å². The smallest absolute Gasteiger partial charge is 0.0636 e. The van der Waals surface area contributed by atoms with Crippen LogP contribution in [0.2, 0.25) is 0 Å². The van der Waals surface area contributed by atoms with Gasteiger partial charge in [-0.2, -0.15) is 0 Å². The second-order valence-electron chi connectivity index (χ2n) is 15.2. The van der Waals surface area contributed by atoms with Crippen LogP contribution in [0.25, 0.3) is 0 Å². The maximum absolute atomic E-state index is 5.45. The number of aliphatic imine (C=N–C) groups is 2. The summed E-state index contributed by atoms with van der Waals surface area (Å²) in [5.41, 5.74) is 10.7. The number of unbranched alkanes of at least 4 members (excludes halogenated alkanes) is 16. The summed E-state index contributed by atoms with van der Waals surface area (Å²) in [6, 6.07) is 14.0. The molecule has 2 aromatic rings. The zero-order chi connectivity index (χ0) is 36.1. The molecule has 2 aromatic carbocycles. The molecular weight excluding hydrogens is 663 g/mol. The van der Waals surface area contributed by atoms with Crippen molar-refractivity contribution in [3.8, 4) is 0 Å². The fourth-order valence-corrected chi connectivity index (χ4v) is 7.42. The van der Waals surface area contributed by atoms with E-state index >= 15 is 0 Å². The van der Waals surface area contributed by atoms with Crippen molar-refractivity contribution in [3.05, 3.63) is 58.7 Å². The Hall–Kier alpha value is -1.73. The van der Waals surface area contributed by atoms with Crippen molar-refractivity contribution in [2.45, 2.75) is 221 Å². The van der Waals surface area contributed by atoms with Gasteiger partial charge in [0.15, 0.2) is 0 Å². The van der Waals surface area contributed by atoms with Gasteiger partial charge in [-0.1, -0.05) is 182 Å². The first-order valence-corrected chi connectivity index (χ1v) is 22.0. The van der Waals surface area contributed by atoms with Crippen molar-refractivity contribution >= 4 is 22.8 Å². The first-order valence-electron chi connectivity index (χ1n) is 22.0. The largest absolute Gasteiger partial charge is 0.252 e. The Bertz CT molecular complexity index is 1200. The predicted molar refractivity (Wildman–Crippen MR) is 227 cm³/mol. The topological polar surface area (TPSA) is 24.7 Å². The van der Waals surface area contributed by atoms with E-state index in [2.05, 4.69) is 77.9 Å². The summed E-state index contributed by atoms with van der Waals surface area (Å²) in [5.74, 6) is 0. The van der Waals surface area contributed by atoms with E-state index in [0.29, 0.717) is 0 Å². The van der Waals surface area contributed by atoms with E-state index in [0.717, 1.165) is 56.3 Å². The van der Waals surface area contributed by atoms with Crippen molar-refractivity contribution in [2.24, 2.45) is 9.98 Å². The molecular formula is C48H80N2Ni. The molecule has 0 radical (unpaired) electrons. The Kier molecular flexibility index (Phi) is 29.5. The molecule has 2 nitrogen and oxygen atoms in total. The minimum absolute atomic E-state index is 0. The van der Waals surface area contributed by atoms with Crippen LogP contribution in [0.3, 0.4) is 0 Å². The predicted octanol–water partition coefficient (Wildman–Crippen LogP) is 16.2. The van der Waals surface area contributed by atoms with E-state index in [-0.39, 0.29) is 16.5 Å². The van der Waals surface area contributed by atoms with Crippen LogP contribution in [0.4, 0.5) is 11.4 Å². The number of benzene rings is 2. The fraction of sp³-hybridized carbons (Fsp3) is 0.708. The summed E-state index contributed by atoms with van der Waals surface area (Å²) in [7, 11) is 0. The second-order valence-corrected chi connectivity index (χ2v) is 15.2. The van der Waals surface area contributed by atoms with E-state index in [1.807, 2.05) is 0 Å². The zero-order valence-electron chi connectivity index (χ0n) is 34.5. The summed E-state index contributed by atoms with van der Waals surface area (Å²) < 4.78 is 0. The third-order valence-corrected chi connectivity index (χ3v) is 10.4. The third kappa shape index (κ3) is 20.9. The first-order chi connectivity index (χ1) is 24.6. The van der Waals surface area contributed by atoms with Gasteiger partial charge in [0.05, 0.1) is 22.8 Å². The number of hydrogen-bond acceptors (Lipinski definition) is 2. The summed E-state index contributed by atoms with van der Waals surface area (Å²) in [5, 5.41) is 0. The molecule has 0 aliphatic heterocycles. The van der Waals surface area contributed by atoms with Gasteiger partial charge < -0.3 is 0 Å². The van der Waals surface area contributed by atoms with Crippen LogP contribution in [0.5, 0.6) is 0 Å². The van der Waals surface area contributed by atoms with Crippen LogP contribution >= 0.6 is 0 Å². The van der Waals surface area contributed by atoms with Crippen molar-refractivity contribution < 1.29 is 16.5 Å². The molecule has 0 aliphatic rings. The maximum atomic E-state index is 5.45. The number of nitrogens with zero attached hydrogens (tertiary/aromatic N) is 2. The SMILES string of the molecule is CCCCCCCCCCCCCCCCCCC(=Nc1ccc(CCC)c(CCC)c1)C(CCCC)=Nc1ccc(CCC)c(CCC)c1.[Ni]. The van der Waals surface area contributed by atoms with Gasteiger partial charge in [-0.05, 0) is 97.9 Å². The van der Waals surface area contributed by atoms with Gasteiger partial charge in [-0.3, -0.25) is 9.98 Å². The molecule has 292 valence electrons. The van der Waals surface area contributed by atoms with Crippen molar-refractivity contribution in [1.82, 2.24) is 0 Å². The molecule has 2 rings (SSSR count). The number of aryl methyl sites for hydroxylation is 4. The molecule has 0 spiro atoms. The number of hydrogen-bond donors (Lipinski definition) is 0. The molecule has 0 saturated heterocycles. The molecule has 0 unspecified atom stereocenters. The van der Waals surface area contributed by atoms with Gasteiger partial charge in [0.25, 0.3) is 0 Å². The van der Waals surface area contributed by atoms with Crippen LogP contribution in [-0.4, -0.2) is 11.4 Å². The van der Waals surface area contributed by atoms with Crippen molar-refractivity contribution in [2.75, 3.05) is 0 Å². The minimum Gasteiger partial charge on any atom is -0.252 e. The van der Waals surface area contributed by atoms with E-state index in [1.54, 1.807) is 0 Å². The normalized spacial score (nSPS) is 12.0. The van der Waals surface area contributed by atoms with Crippen molar-refractivity contribution in [1.29, 1.82) is 0 Å². The average Bonchev–Trinajstić information content (AvgIpc) is 3.12. The minimum atomic E-state index is 0. The second kappa shape index (κ2) is 31.8. The first kappa shape index (κ1) is 47.3. The number of rotatable bonds is 31. The molecule has 51 heavy (non-hydrogen) atoms. The van der Waals surface area contributed by atoms with Gasteiger partial charge >= 0.3 is 0 Å². The van der Waals surface area contributed by atoms with Crippen LogP contribution < -0.4 is 0 Å². The van der Waals surface area contributed by atoms with Gasteiger partial charge in [0.2, 0.25) is 0 Å². The van der Waals surface area contributed by atoms with Gasteiger partial charge in [-0.15, -0.1) is 0 Å². The monoisotopic (exact) mass is 743 g/mol. The molecule has 0 aromatic heterocycles. The molecule has 3 heteroatoms. The average molecular weight is 744 g/mol. The van der Waals surface area contributed by atoms with E-state index in [9.17, 15) is 0 Å². The molecule has 0 aliphatic carbocycles. The molecule has 0 N–H and O–H groups in total. The Morgan fingerprint density at radius 2 is 0.667 bits per heavy atom. The summed E-state index contributed by atoms with van der Waals surface area (Å²) in [6.07, 6.45) is 36.0. The fourth-order valence-electron chi connectivity index (χ4n) is 7.42. The molecule has 0 bridgehead atoms. The maximum Gasteiger partial charge on any atom is 0.0636 e. The summed E-state index contributed by atoms with van der Waals surface area (Å²) in [4.78, 5) is 10.9. The van der Waals surface area contributed by atoms with Crippen LogP contribution in [0.1, 0.15) is 218 Å². The quantitative estimate of drug-likeness (QED) is 0.0417. The summed E-state index contributed by atoms with van der Waals surface area (Å²) in [6.45, 7) is 13.8. The third-order valence-electron chi connectivity index (χ3n) is 10.4. The Balaban J connectivity index is 0.0000130. The Morgan fingerprint density at radius 3 is 1.02 bits per heavy atom. The Labute approximate surface area is 327 Å². The molecule has 0 amide bonds. The van der Waals surface area contributed by atoms with E-state index in [1.165, 1.54) is 169 Å².